The van der Waals surface area contributed by atoms with Gasteiger partial charge in [-0.1, -0.05) is 0 Å². The van der Waals surface area contributed by atoms with Crippen LogP contribution in [0.15, 0.2) is 48.5 Å². The van der Waals surface area contributed by atoms with Crippen molar-refractivity contribution in [3.05, 3.63) is 165 Å². The van der Waals surface area contributed by atoms with Crippen molar-refractivity contribution >= 4 is 56.7 Å². The first-order chi connectivity index (χ1) is 32.6. The second-order valence-corrected chi connectivity index (χ2v) is 19.3. The summed E-state index contributed by atoms with van der Waals surface area (Å²) in [6.45, 7) is 0. The third-order valence-electron chi connectivity index (χ3n) is 10.1. The van der Waals surface area contributed by atoms with Crippen molar-refractivity contribution in [1.82, 2.24) is 0 Å². The molecule has 0 unspecified atom stereocenters. The lowest BCUT2D eigenvalue weighted by Crippen LogP contribution is -2.03. The largest absolute Gasteiger partial charge is 0.203 e. The monoisotopic (exact) mass is 1080 g/mol. The second-order valence-electron chi connectivity index (χ2n) is 13.9. The maximum Gasteiger partial charge on any atom is 0.200 e. The Morgan fingerprint density at radius 2 is 0.304 bits per heavy atom. The highest BCUT2D eigenvalue weighted by molar-refractivity contribution is 7.30. The molecule has 0 atom stereocenters. The Hall–Kier alpha value is -6.02. The molecule has 4 aromatic carbocycles. The van der Waals surface area contributed by atoms with E-state index in [1.807, 2.05) is 0 Å². The summed E-state index contributed by atoms with van der Waals surface area (Å²) < 4.78 is 293. The molecule has 0 amide bonds. The standard InChI is InChI=1S/C44H8F20S5/c45-23-19(24(46)32(54)39(61)31(23)53)11-3-1-9(65-11)17-18(10-2-4-12(66-10)20-25(47)33(55)40(62)34(56)26(20)48)44(16-8-6-14(68-16)22-29(51)37(59)42(64)38(60)30(22)52)69-43(17)15-7-5-13(67-15)21-27(49)35(57)41(63)36(58)28(21)50/h1-8H. The first kappa shape index (κ1) is 48.0. The SMILES string of the molecule is Fc1c(F)c(F)c(-c2ccc(-c3sc(-c4ccc(-c5c(F)c(F)c(F)c(F)c5F)s4)c(-c4ccc(-c5c(F)c(F)c(F)c(F)c5F)s4)c3-c3ccc(-c4c(F)c(F)c(F)c(F)c4F)s3)s2)c(F)c1F. The molecular weight excluding hydrogens is 1070 g/mol. The van der Waals surface area contributed by atoms with E-state index in [1.165, 1.54) is 0 Å². The molecular formula is C44H8F20S5. The molecule has 0 spiro atoms. The Balaban J connectivity index is 1.36. The summed E-state index contributed by atoms with van der Waals surface area (Å²) in [5.41, 5.74) is -6.27. The smallest absolute Gasteiger partial charge is 0.200 e. The predicted molar refractivity (Wildman–Crippen MR) is 218 cm³/mol. The maximum atomic E-state index is 15.2. The van der Waals surface area contributed by atoms with Crippen LogP contribution in [0.2, 0.25) is 0 Å². The third-order valence-corrected chi connectivity index (χ3v) is 16.1. The number of thiophene rings is 5. The number of rotatable bonds is 8. The molecule has 0 fully saturated rings. The Kier molecular flexibility index (Phi) is 12.1. The number of hydrogen-bond donors (Lipinski definition) is 0. The van der Waals surface area contributed by atoms with Gasteiger partial charge in [0.1, 0.15) is 0 Å². The molecule has 69 heavy (non-hydrogen) atoms. The molecule has 9 aromatic rings. The normalized spacial score (nSPS) is 11.8. The molecule has 0 aliphatic heterocycles. The van der Waals surface area contributed by atoms with Crippen molar-refractivity contribution in [3.8, 4) is 82.2 Å². The first-order valence-corrected chi connectivity index (χ1v) is 22.3. The van der Waals surface area contributed by atoms with Crippen molar-refractivity contribution in [2.45, 2.75) is 0 Å². The van der Waals surface area contributed by atoms with Gasteiger partial charge in [0.15, 0.2) is 93.1 Å². The Bertz CT molecular complexity index is 3300. The van der Waals surface area contributed by atoms with E-state index < -0.39 is 158 Å². The molecule has 0 nitrogen and oxygen atoms in total. The van der Waals surface area contributed by atoms with Crippen molar-refractivity contribution in [3.63, 3.8) is 0 Å². The fraction of sp³-hybridized carbons (Fsp3) is 0. The van der Waals surface area contributed by atoms with Gasteiger partial charge in [-0.3, -0.25) is 0 Å². The average Bonchev–Trinajstić information content (AvgIpc) is 4.20. The highest BCUT2D eigenvalue weighted by Crippen LogP contribution is 2.58. The Morgan fingerprint density at radius 1 is 0.159 bits per heavy atom. The van der Waals surface area contributed by atoms with Crippen LogP contribution in [0.5, 0.6) is 0 Å². The minimum Gasteiger partial charge on any atom is -0.203 e. The summed E-state index contributed by atoms with van der Waals surface area (Å²) in [4.78, 5) is -3.81. The lowest BCUT2D eigenvalue weighted by atomic mass is 10.0. The van der Waals surface area contributed by atoms with Gasteiger partial charge in [0.05, 0.1) is 32.0 Å². The fourth-order valence-electron chi connectivity index (χ4n) is 6.94. The highest BCUT2D eigenvalue weighted by atomic mass is 32.1. The summed E-state index contributed by atoms with van der Waals surface area (Å²) in [6, 6.07) is 7.67. The molecule has 0 aliphatic carbocycles. The predicted octanol–water partition coefficient (Wildman–Crippen LogP) is 18.1. The summed E-state index contributed by atoms with van der Waals surface area (Å²) >= 11 is 1.85. The number of halogens is 20. The van der Waals surface area contributed by atoms with Crippen LogP contribution in [-0.4, -0.2) is 0 Å². The van der Waals surface area contributed by atoms with E-state index in [0.717, 1.165) is 48.5 Å². The molecule has 5 heterocycles. The summed E-state index contributed by atoms with van der Waals surface area (Å²) in [5, 5.41) is 0. The van der Waals surface area contributed by atoms with Crippen LogP contribution >= 0.6 is 56.7 Å². The lowest BCUT2D eigenvalue weighted by molar-refractivity contribution is 0.381. The van der Waals surface area contributed by atoms with Gasteiger partial charge in [-0.05, 0) is 48.5 Å². The van der Waals surface area contributed by atoms with Gasteiger partial charge >= 0.3 is 0 Å². The summed E-state index contributed by atoms with van der Waals surface area (Å²) in [7, 11) is 0. The summed E-state index contributed by atoms with van der Waals surface area (Å²) in [5.74, 6) is -47.2. The molecule has 5 aromatic heterocycles. The van der Waals surface area contributed by atoms with Crippen molar-refractivity contribution in [2.75, 3.05) is 0 Å². The van der Waals surface area contributed by atoms with Crippen LogP contribution in [0, 0.1) is 116 Å². The third kappa shape index (κ3) is 7.37. The molecule has 0 N–H and O–H groups in total. The van der Waals surface area contributed by atoms with Gasteiger partial charge < -0.3 is 0 Å². The molecule has 0 saturated carbocycles. The molecule has 9 rings (SSSR count). The van der Waals surface area contributed by atoms with E-state index in [2.05, 4.69) is 0 Å². The van der Waals surface area contributed by atoms with Gasteiger partial charge in [-0.25, -0.2) is 87.8 Å². The van der Waals surface area contributed by atoms with Crippen molar-refractivity contribution in [2.24, 2.45) is 0 Å². The van der Waals surface area contributed by atoms with E-state index in [1.54, 1.807) is 0 Å². The van der Waals surface area contributed by atoms with Crippen LogP contribution in [0.25, 0.3) is 82.2 Å². The van der Waals surface area contributed by atoms with Crippen LogP contribution in [-0.2, 0) is 0 Å². The van der Waals surface area contributed by atoms with Gasteiger partial charge in [-0.15, -0.1) is 56.7 Å². The van der Waals surface area contributed by atoms with E-state index in [4.69, 9.17) is 0 Å². The Labute approximate surface area is 389 Å². The molecule has 0 saturated heterocycles. The minimum absolute atomic E-state index is 0.178. The lowest BCUT2D eigenvalue weighted by Gasteiger charge is -2.08. The summed E-state index contributed by atoms with van der Waals surface area (Å²) in [6.07, 6.45) is 0. The first-order valence-electron chi connectivity index (χ1n) is 18.2. The van der Waals surface area contributed by atoms with Crippen molar-refractivity contribution in [1.29, 1.82) is 0 Å². The Morgan fingerprint density at radius 3 is 0.507 bits per heavy atom. The van der Waals surface area contributed by atoms with Crippen molar-refractivity contribution < 1.29 is 87.8 Å². The zero-order valence-corrected chi connectivity index (χ0v) is 36.3. The number of hydrogen-bond acceptors (Lipinski definition) is 5. The molecule has 0 bridgehead atoms. The van der Waals surface area contributed by atoms with Crippen LogP contribution in [0.4, 0.5) is 87.8 Å². The number of benzene rings is 4. The fourth-order valence-corrected chi connectivity index (χ4v) is 12.9. The van der Waals surface area contributed by atoms with Crippen LogP contribution in [0.3, 0.4) is 0 Å². The van der Waals surface area contributed by atoms with E-state index in [-0.39, 0.29) is 40.4 Å². The zero-order chi connectivity index (χ0) is 50.0. The minimum atomic E-state index is -2.52. The van der Waals surface area contributed by atoms with E-state index in [9.17, 15) is 52.7 Å². The van der Waals surface area contributed by atoms with Gasteiger partial charge in [0.25, 0.3) is 0 Å². The topological polar surface area (TPSA) is 0 Å². The van der Waals surface area contributed by atoms with Crippen LogP contribution < -0.4 is 0 Å². The molecule has 0 aliphatic rings. The second kappa shape index (κ2) is 17.4. The zero-order valence-electron chi connectivity index (χ0n) is 32.2. The van der Waals surface area contributed by atoms with Gasteiger partial charge in [0, 0.05) is 50.1 Å². The van der Waals surface area contributed by atoms with Gasteiger partial charge in [0.2, 0.25) is 23.3 Å². The average molecular weight is 1080 g/mol. The quantitative estimate of drug-likeness (QED) is 0.0808. The van der Waals surface area contributed by atoms with E-state index in [0.29, 0.717) is 56.7 Å². The molecule has 25 heteroatoms. The van der Waals surface area contributed by atoms with Gasteiger partial charge in [-0.2, -0.15) is 0 Å². The maximum absolute atomic E-state index is 15.2. The highest BCUT2D eigenvalue weighted by Gasteiger charge is 2.35. The molecule has 354 valence electrons. The van der Waals surface area contributed by atoms with Crippen LogP contribution in [0.1, 0.15) is 0 Å². The molecule has 0 radical (unpaired) electrons. The van der Waals surface area contributed by atoms with E-state index >= 15 is 35.1 Å².